The minimum atomic E-state index is -0.119. The SMILES string of the molecule is Cc1ccc(NC(=O)C[NH+](C)CC(=O)Nc2ccc(Br)cc2C)cc1. The zero-order chi connectivity index (χ0) is 18.4. The molecule has 132 valence electrons. The lowest BCUT2D eigenvalue weighted by Crippen LogP contribution is -3.11. The highest BCUT2D eigenvalue weighted by Gasteiger charge is 2.15. The van der Waals surface area contributed by atoms with Gasteiger partial charge in [0.05, 0.1) is 7.05 Å². The summed E-state index contributed by atoms with van der Waals surface area (Å²) in [4.78, 5) is 25.0. The average Bonchev–Trinajstić information content (AvgIpc) is 2.52. The fourth-order valence-corrected chi connectivity index (χ4v) is 2.89. The number of quaternary nitrogens is 1. The molecule has 2 aromatic rings. The van der Waals surface area contributed by atoms with E-state index in [9.17, 15) is 9.59 Å². The number of carbonyl (C=O) groups is 2. The third-order valence-electron chi connectivity index (χ3n) is 3.72. The Bertz CT molecular complexity index is 760. The molecule has 0 saturated carbocycles. The molecule has 0 heterocycles. The molecule has 1 atom stereocenters. The third kappa shape index (κ3) is 6.32. The van der Waals surface area contributed by atoms with Gasteiger partial charge < -0.3 is 15.5 Å². The van der Waals surface area contributed by atoms with Gasteiger partial charge in [0.25, 0.3) is 11.8 Å². The predicted octanol–water partition coefficient (Wildman–Crippen LogP) is 2.16. The Morgan fingerprint density at radius 1 is 0.960 bits per heavy atom. The molecule has 1 unspecified atom stereocenters. The number of aryl methyl sites for hydroxylation is 2. The van der Waals surface area contributed by atoms with Crippen LogP contribution >= 0.6 is 15.9 Å². The monoisotopic (exact) mass is 404 g/mol. The Morgan fingerprint density at radius 3 is 2.16 bits per heavy atom. The first-order valence-corrected chi connectivity index (χ1v) is 8.86. The lowest BCUT2D eigenvalue weighted by molar-refractivity contribution is -0.862. The highest BCUT2D eigenvalue weighted by atomic mass is 79.9. The Morgan fingerprint density at radius 2 is 1.56 bits per heavy atom. The molecule has 2 aromatic carbocycles. The van der Waals surface area contributed by atoms with E-state index in [1.54, 1.807) is 0 Å². The number of halogens is 1. The summed E-state index contributed by atoms with van der Waals surface area (Å²) in [6.07, 6.45) is 0. The zero-order valence-corrected chi connectivity index (χ0v) is 16.2. The van der Waals surface area contributed by atoms with Gasteiger partial charge in [-0.1, -0.05) is 33.6 Å². The van der Waals surface area contributed by atoms with Gasteiger partial charge in [0.2, 0.25) is 0 Å². The number of benzene rings is 2. The van der Waals surface area contributed by atoms with Gasteiger partial charge >= 0.3 is 0 Å². The number of hydrogen-bond acceptors (Lipinski definition) is 2. The van der Waals surface area contributed by atoms with Crippen LogP contribution in [-0.2, 0) is 9.59 Å². The first-order chi connectivity index (χ1) is 11.8. The summed E-state index contributed by atoms with van der Waals surface area (Å²) in [5, 5.41) is 5.73. The topological polar surface area (TPSA) is 62.6 Å². The van der Waals surface area contributed by atoms with Crippen molar-refractivity contribution in [1.82, 2.24) is 0 Å². The van der Waals surface area contributed by atoms with E-state index in [0.29, 0.717) is 0 Å². The van der Waals surface area contributed by atoms with E-state index in [4.69, 9.17) is 0 Å². The van der Waals surface area contributed by atoms with Gasteiger partial charge in [-0.05, 0) is 49.7 Å². The van der Waals surface area contributed by atoms with Gasteiger partial charge in [-0.2, -0.15) is 0 Å². The van der Waals surface area contributed by atoms with Crippen LogP contribution in [0.4, 0.5) is 11.4 Å². The molecule has 0 aliphatic carbocycles. The van der Waals surface area contributed by atoms with Crippen LogP contribution in [0.15, 0.2) is 46.9 Å². The van der Waals surface area contributed by atoms with Gasteiger partial charge in [-0.25, -0.2) is 0 Å². The van der Waals surface area contributed by atoms with Crippen LogP contribution in [0.5, 0.6) is 0 Å². The first-order valence-electron chi connectivity index (χ1n) is 8.07. The highest BCUT2D eigenvalue weighted by Crippen LogP contribution is 2.19. The normalized spacial score (nSPS) is 11.7. The number of nitrogens with one attached hydrogen (secondary N) is 3. The van der Waals surface area contributed by atoms with Crippen molar-refractivity contribution in [3.8, 4) is 0 Å². The lowest BCUT2D eigenvalue weighted by Gasteiger charge is -2.14. The summed E-state index contributed by atoms with van der Waals surface area (Å²) in [6.45, 7) is 4.37. The molecule has 0 aliphatic heterocycles. The summed E-state index contributed by atoms with van der Waals surface area (Å²) in [5.41, 5.74) is 3.67. The van der Waals surface area contributed by atoms with Crippen LogP contribution in [0.2, 0.25) is 0 Å². The second kappa shape index (κ2) is 8.78. The molecule has 6 heteroatoms. The summed E-state index contributed by atoms with van der Waals surface area (Å²) in [5.74, 6) is -0.236. The zero-order valence-electron chi connectivity index (χ0n) is 14.7. The number of rotatable bonds is 6. The summed E-state index contributed by atoms with van der Waals surface area (Å²) < 4.78 is 0.971. The summed E-state index contributed by atoms with van der Waals surface area (Å²) in [7, 11) is 1.82. The van der Waals surface area contributed by atoms with Crippen LogP contribution < -0.4 is 15.5 Å². The van der Waals surface area contributed by atoms with Crippen molar-refractivity contribution >= 4 is 39.1 Å². The van der Waals surface area contributed by atoms with Gasteiger partial charge in [0.15, 0.2) is 13.1 Å². The molecule has 0 saturated heterocycles. The molecule has 0 radical (unpaired) electrons. The van der Waals surface area contributed by atoms with E-state index in [1.807, 2.05) is 63.4 Å². The first kappa shape index (κ1) is 19.1. The predicted molar refractivity (Wildman–Crippen MR) is 104 cm³/mol. The van der Waals surface area contributed by atoms with Gasteiger partial charge in [0, 0.05) is 15.8 Å². The molecule has 3 N–H and O–H groups in total. The molecular formula is C19H23BrN3O2+. The van der Waals surface area contributed by atoms with E-state index in [1.165, 1.54) is 0 Å². The molecule has 0 fully saturated rings. The van der Waals surface area contributed by atoms with Crippen LogP contribution in [0.1, 0.15) is 11.1 Å². The van der Waals surface area contributed by atoms with Crippen molar-refractivity contribution in [3.63, 3.8) is 0 Å². The lowest BCUT2D eigenvalue weighted by atomic mass is 10.2. The van der Waals surface area contributed by atoms with E-state index < -0.39 is 0 Å². The third-order valence-corrected chi connectivity index (χ3v) is 4.22. The second-order valence-electron chi connectivity index (χ2n) is 6.23. The van der Waals surface area contributed by atoms with Gasteiger partial charge in [-0.15, -0.1) is 0 Å². The molecule has 25 heavy (non-hydrogen) atoms. The molecule has 2 rings (SSSR count). The average molecular weight is 405 g/mol. The smallest absolute Gasteiger partial charge is 0.279 e. The number of amides is 2. The Labute approximate surface area is 156 Å². The molecule has 5 nitrogen and oxygen atoms in total. The molecule has 0 spiro atoms. The molecule has 0 bridgehead atoms. The number of anilines is 2. The van der Waals surface area contributed by atoms with Crippen molar-refractivity contribution in [1.29, 1.82) is 0 Å². The van der Waals surface area contributed by atoms with Crippen LogP contribution in [0, 0.1) is 13.8 Å². The van der Waals surface area contributed by atoms with Gasteiger partial charge in [0.1, 0.15) is 0 Å². The largest absolute Gasteiger partial charge is 0.322 e. The van der Waals surface area contributed by atoms with Crippen molar-refractivity contribution in [3.05, 3.63) is 58.1 Å². The fourth-order valence-electron chi connectivity index (χ4n) is 2.41. The van der Waals surface area contributed by atoms with Crippen LogP contribution in [0.25, 0.3) is 0 Å². The molecule has 0 aliphatic rings. The van der Waals surface area contributed by atoms with Crippen molar-refractivity contribution in [2.75, 3.05) is 30.8 Å². The van der Waals surface area contributed by atoms with Crippen LogP contribution in [-0.4, -0.2) is 32.0 Å². The quantitative estimate of drug-likeness (QED) is 0.690. The van der Waals surface area contributed by atoms with Crippen LogP contribution in [0.3, 0.4) is 0 Å². The maximum absolute atomic E-state index is 12.2. The number of carbonyl (C=O) groups excluding carboxylic acids is 2. The second-order valence-corrected chi connectivity index (χ2v) is 7.15. The van der Waals surface area contributed by atoms with E-state index in [0.717, 1.165) is 31.9 Å². The maximum Gasteiger partial charge on any atom is 0.279 e. The van der Waals surface area contributed by atoms with Crippen molar-refractivity contribution in [2.24, 2.45) is 0 Å². The minimum Gasteiger partial charge on any atom is -0.322 e. The number of hydrogen-bond donors (Lipinski definition) is 3. The van der Waals surface area contributed by atoms with Crippen molar-refractivity contribution < 1.29 is 14.5 Å². The number of likely N-dealkylation sites (N-methyl/N-ethyl adjacent to an activating group) is 1. The summed E-state index contributed by atoms with van der Waals surface area (Å²) in [6, 6.07) is 13.3. The Hall–Kier alpha value is -2.18. The molecule has 2 amide bonds. The maximum atomic E-state index is 12.2. The van der Waals surface area contributed by atoms with E-state index in [2.05, 4.69) is 26.6 Å². The standard InChI is InChI=1S/C19H22BrN3O2/c1-13-4-7-16(8-5-13)21-18(24)11-23(3)12-19(25)22-17-9-6-15(20)10-14(17)2/h4-10H,11-12H2,1-3H3,(H,21,24)(H,22,25)/p+1. The summed E-state index contributed by atoms with van der Waals surface area (Å²) >= 11 is 3.40. The van der Waals surface area contributed by atoms with Crippen molar-refractivity contribution in [2.45, 2.75) is 13.8 Å². The molecule has 0 aromatic heterocycles. The Balaban J connectivity index is 1.82. The highest BCUT2D eigenvalue weighted by molar-refractivity contribution is 9.10. The van der Waals surface area contributed by atoms with E-state index >= 15 is 0 Å². The van der Waals surface area contributed by atoms with Gasteiger partial charge in [-0.3, -0.25) is 9.59 Å². The minimum absolute atomic E-state index is 0.117. The Kier molecular flexibility index (Phi) is 6.73. The fraction of sp³-hybridized carbons (Fsp3) is 0.263. The molecular weight excluding hydrogens is 382 g/mol. The van der Waals surface area contributed by atoms with E-state index in [-0.39, 0.29) is 24.9 Å².